The molecule has 0 aliphatic rings. The lowest BCUT2D eigenvalue weighted by Crippen LogP contribution is -2.20. The first-order valence-corrected chi connectivity index (χ1v) is 7.86. The SMILES string of the molecule is COc1cc(C(=O)Nc2ccc(Br)c(C)c2)ccc1OCC(N)=O. The molecule has 126 valence electrons. The monoisotopic (exact) mass is 392 g/mol. The lowest BCUT2D eigenvalue weighted by atomic mass is 10.1. The fraction of sp³-hybridized carbons (Fsp3) is 0.176. The number of methoxy groups -OCH3 is 1. The number of benzene rings is 2. The Balaban J connectivity index is 2.16. The van der Waals surface area contributed by atoms with Gasteiger partial charge < -0.3 is 20.5 Å². The van der Waals surface area contributed by atoms with Crippen LogP contribution >= 0.6 is 15.9 Å². The summed E-state index contributed by atoms with van der Waals surface area (Å²) in [5, 5.41) is 2.82. The van der Waals surface area contributed by atoms with Crippen molar-refractivity contribution in [2.24, 2.45) is 5.73 Å². The number of carbonyl (C=O) groups excluding carboxylic acids is 2. The highest BCUT2D eigenvalue weighted by atomic mass is 79.9. The summed E-state index contributed by atoms with van der Waals surface area (Å²) in [6, 6.07) is 10.2. The maximum Gasteiger partial charge on any atom is 0.255 e. The highest BCUT2D eigenvalue weighted by Crippen LogP contribution is 2.28. The van der Waals surface area contributed by atoms with Crippen LogP contribution in [-0.2, 0) is 4.79 Å². The number of aryl methyl sites for hydroxylation is 1. The van der Waals surface area contributed by atoms with E-state index in [1.54, 1.807) is 18.2 Å². The van der Waals surface area contributed by atoms with Gasteiger partial charge in [-0.05, 0) is 48.9 Å². The van der Waals surface area contributed by atoms with Crippen molar-refractivity contribution in [1.29, 1.82) is 0 Å². The molecule has 0 fully saturated rings. The molecule has 24 heavy (non-hydrogen) atoms. The highest BCUT2D eigenvalue weighted by molar-refractivity contribution is 9.10. The van der Waals surface area contributed by atoms with Gasteiger partial charge in [-0.3, -0.25) is 9.59 Å². The average molecular weight is 393 g/mol. The van der Waals surface area contributed by atoms with Crippen LogP contribution < -0.4 is 20.5 Å². The highest BCUT2D eigenvalue weighted by Gasteiger charge is 2.12. The second-order valence-electron chi connectivity index (χ2n) is 5.04. The van der Waals surface area contributed by atoms with Crippen LogP contribution in [0.3, 0.4) is 0 Å². The van der Waals surface area contributed by atoms with Gasteiger partial charge in [0.25, 0.3) is 11.8 Å². The van der Waals surface area contributed by atoms with Gasteiger partial charge >= 0.3 is 0 Å². The molecule has 0 radical (unpaired) electrons. The van der Waals surface area contributed by atoms with Crippen molar-refractivity contribution < 1.29 is 19.1 Å². The Hall–Kier alpha value is -2.54. The molecule has 7 heteroatoms. The Kier molecular flexibility index (Phi) is 5.81. The van der Waals surface area contributed by atoms with E-state index in [1.165, 1.54) is 13.2 Å². The second-order valence-corrected chi connectivity index (χ2v) is 5.89. The third-order valence-corrected chi connectivity index (χ3v) is 4.10. The van der Waals surface area contributed by atoms with Gasteiger partial charge in [0.1, 0.15) is 0 Å². The third kappa shape index (κ3) is 4.48. The summed E-state index contributed by atoms with van der Waals surface area (Å²) in [5.41, 5.74) is 7.15. The van der Waals surface area contributed by atoms with E-state index in [0.717, 1.165) is 10.0 Å². The van der Waals surface area contributed by atoms with Gasteiger partial charge in [0, 0.05) is 15.7 Å². The number of ether oxygens (including phenoxy) is 2. The van der Waals surface area contributed by atoms with Crippen molar-refractivity contribution in [2.75, 3.05) is 19.0 Å². The number of hydrogen-bond acceptors (Lipinski definition) is 4. The van der Waals surface area contributed by atoms with Gasteiger partial charge in [0.2, 0.25) is 0 Å². The van der Waals surface area contributed by atoms with E-state index in [0.29, 0.717) is 22.7 Å². The van der Waals surface area contributed by atoms with Crippen LogP contribution in [0, 0.1) is 6.92 Å². The number of hydrogen-bond donors (Lipinski definition) is 2. The Morgan fingerprint density at radius 3 is 2.54 bits per heavy atom. The van der Waals surface area contributed by atoms with E-state index in [2.05, 4.69) is 21.2 Å². The summed E-state index contributed by atoms with van der Waals surface area (Å²) in [5.74, 6) is -0.191. The molecule has 0 heterocycles. The lowest BCUT2D eigenvalue weighted by molar-refractivity contribution is -0.119. The van der Waals surface area contributed by atoms with Crippen molar-refractivity contribution in [1.82, 2.24) is 0 Å². The molecule has 2 aromatic rings. The number of nitrogens with one attached hydrogen (secondary N) is 1. The number of primary amides is 1. The minimum absolute atomic E-state index is 0.264. The Morgan fingerprint density at radius 2 is 1.92 bits per heavy atom. The molecule has 2 amide bonds. The minimum Gasteiger partial charge on any atom is -0.493 e. The van der Waals surface area contributed by atoms with Crippen LogP contribution in [0.15, 0.2) is 40.9 Å². The van der Waals surface area contributed by atoms with Crippen LogP contribution in [0.1, 0.15) is 15.9 Å². The number of halogens is 1. The van der Waals surface area contributed by atoms with E-state index in [-0.39, 0.29) is 12.5 Å². The van der Waals surface area contributed by atoms with Gasteiger partial charge in [0.15, 0.2) is 18.1 Å². The molecule has 0 aromatic heterocycles. The molecular weight excluding hydrogens is 376 g/mol. The van der Waals surface area contributed by atoms with Crippen molar-refractivity contribution in [2.45, 2.75) is 6.92 Å². The first-order chi connectivity index (χ1) is 11.4. The van der Waals surface area contributed by atoms with Gasteiger partial charge in [-0.1, -0.05) is 15.9 Å². The fourth-order valence-electron chi connectivity index (χ4n) is 2.00. The average Bonchev–Trinajstić information content (AvgIpc) is 2.56. The quantitative estimate of drug-likeness (QED) is 0.790. The molecule has 6 nitrogen and oxygen atoms in total. The second kappa shape index (κ2) is 7.83. The molecule has 0 saturated heterocycles. The van der Waals surface area contributed by atoms with E-state index < -0.39 is 5.91 Å². The van der Waals surface area contributed by atoms with Crippen LogP contribution in [0.2, 0.25) is 0 Å². The number of amides is 2. The van der Waals surface area contributed by atoms with Crippen LogP contribution in [0.4, 0.5) is 5.69 Å². The Bertz CT molecular complexity index is 777. The normalized spacial score (nSPS) is 10.1. The van der Waals surface area contributed by atoms with Gasteiger partial charge in [-0.2, -0.15) is 0 Å². The minimum atomic E-state index is -0.593. The molecule has 0 saturated carbocycles. The predicted octanol–water partition coefficient (Wildman–Crippen LogP) is 2.88. The van der Waals surface area contributed by atoms with E-state index in [1.807, 2.05) is 19.1 Å². The first kappa shape index (κ1) is 17.8. The van der Waals surface area contributed by atoms with Crippen LogP contribution in [-0.4, -0.2) is 25.5 Å². The summed E-state index contributed by atoms with van der Waals surface area (Å²) in [6.45, 7) is 1.67. The van der Waals surface area contributed by atoms with Crippen molar-refractivity contribution in [3.8, 4) is 11.5 Å². The van der Waals surface area contributed by atoms with E-state index in [9.17, 15) is 9.59 Å². The number of anilines is 1. The molecule has 2 rings (SSSR count). The maximum absolute atomic E-state index is 12.4. The number of rotatable bonds is 6. The summed E-state index contributed by atoms with van der Waals surface area (Å²) in [6.07, 6.45) is 0. The predicted molar refractivity (Wildman–Crippen MR) is 94.5 cm³/mol. The Labute approximate surface area is 148 Å². The molecule has 0 unspecified atom stereocenters. The summed E-state index contributed by atoms with van der Waals surface area (Å²) in [4.78, 5) is 23.2. The zero-order valence-electron chi connectivity index (χ0n) is 13.3. The van der Waals surface area contributed by atoms with Crippen LogP contribution in [0.25, 0.3) is 0 Å². The molecule has 3 N–H and O–H groups in total. The molecule has 0 spiro atoms. The van der Waals surface area contributed by atoms with Gasteiger partial charge in [-0.15, -0.1) is 0 Å². The summed E-state index contributed by atoms with van der Waals surface area (Å²) < 4.78 is 11.4. The largest absolute Gasteiger partial charge is 0.493 e. The molecule has 2 aromatic carbocycles. The van der Waals surface area contributed by atoms with Gasteiger partial charge in [-0.25, -0.2) is 0 Å². The van der Waals surface area contributed by atoms with Crippen molar-refractivity contribution in [3.05, 3.63) is 52.0 Å². The topological polar surface area (TPSA) is 90.7 Å². The zero-order chi connectivity index (χ0) is 17.7. The molecule has 0 bridgehead atoms. The summed E-state index contributed by atoms with van der Waals surface area (Å²) in [7, 11) is 1.45. The number of nitrogens with two attached hydrogens (primary N) is 1. The molecule has 0 atom stereocenters. The molecule has 0 aliphatic carbocycles. The zero-order valence-corrected chi connectivity index (χ0v) is 14.8. The fourth-order valence-corrected chi connectivity index (χ4v) is 2.25. The van der Waals surface area contributed by atoms with Crippen LogP contribution in [0.5, 0.6) is 11.5 Å². The smallest absolute Gasteiger partial charge is 0.255 e. The third-order valence-electron chi connectivity index (χ3n) is 3.21. The van der Waals surface area contributed by atoms with E-state index >= 15 is 0 Å². The Morgan fingerprint density at radius 1 is 1.17 bits per heavy atom. The standard InChI is InChI=1S/C17H17BrN2O4/c1-10-7-12(4-5-13(10)18)20-17(22)11-3-6-14(15(8-11)23-2)24-9-16(19)21/h3-8H,9H2,1-2H3,(H2,19,21)(H,20,22). The lowest BCUT2D eigenvalue weighted by Gasteiger charge is -2.12. The number of carbonyl (C=O) groups is 2. The summed E-state index contributed by atoms with van der Waals surface area (Å²) >= 11 is 3.42. The van der Waals surface area contributed by atoms with Crippen molar-refractivity contribution in [3.63, 3.8) is 0 Å². The van der Waals surface area contributed by atoms with E-state index in [4.69, 9.17) is 15.2 Å². The molecule has 0 aliphatic heterocycles. The first-order valence-electron chi connectivity index (χ1n) is 7.07. The van der Waals surface area contributed by atoms with Gasteiger partial charge in [0.05, 0.1) is 7.11 Å². The molecular formula is C17H17BrN2O4. The maximum atomic E-state index is 12.4. The van der Waals surface area contributed by atoms with Crippen molar-refractivity contribution >= 4 is 33.4 Å².